The predicted octanol–water partition coefficient (Wildman–Crippen LogP) is 2.10. The van der Waals surface area contributed by atoms with E-state index in [-0.39, 0.29) is 6.04 Å². The van der Waals surface area contributed by atoms with E-state index in [1.807, 2.05) is 31.5 Å². The van der Waals surface area contributed by atoms with Gasteiger partial charge in [0.05, 0.1) is 6.04 Å². The SMILES string of the molecule is CCc1nc(Br)cc(NC(C)c2nncn2C)n1. The van der Waals surface area contributed by atoms with Gasteiger partial charge in [0.25, 0.3) is 0 Å². The summed E-state index contributed by atoms with van der Waals surface area (Å²) in [5.74, 6) is 2.45. The third-order valence-corrected chi connectivity index (χ3v) is 2.96. The van der Waals surface area contributed by atoms with Gasteiger partial charge in [0.1, 0.15) is 22.6 Å². The van der Waals surface area contributed by atoms with Gasteiger partial charge in [-0.1, -0.05) is 6.92 Å². The van der Waals surface area contributed by atoms with Crippen molar-refractivity contribution in [3.63, 3.8) is 0 Å². The third kappa shape index (κ3) is 2.84. The predicted molar refractivity (Wildman–Crippen MR) is 72.2 cm³/mol. The first-order valence-electron chi connectivity index (χ1n) is 5.74. The molecule has 0 spiro atoms. The number of hydrogen-bond donors (Lipinski definition) is 1. The van der Waals surface area contributed by atoms with Crippen molar-refractivity contribution in [3.8, 4) is 0 Å². The Balaban J connectivity index is 2.19. The molecule has 0 aliphatic heterocycles. The molecule has 1 unspecified atom stereocenters. The lowest BCUT2D eigenvalue weighted by molar-refractivity contribution is 0.714. The van der Waals surface area contributed by atoms with E-state index >= 15 is 0 Å². The topological polar surface area (TPSA) is 68.5 Å². The van der Waals surface area contributed by atoms with Crippen LogP contribution < -0.4 is 5.32 Å². The van der Waals surface area contributed by atoms with Gasteiger partial charge >= 0.3 is 0 Å². The van der Waals surface area contributed by atoms with E-state index in [4.69, 9.17) is 0 Å². The highest BCUT2D eigenvalue weighted by Gasteiger charge is 2.12. The first kappa shape index (κ1) is 12.9. The number of anilines is 1. The second kappa shape index (κ2) is 5.43. The molecule has 1 atom stereocenters. The molecule has 96 valence electrons. The molecule has 2 aromatic heterocycles. The molecule has 0 aromatic carbocycles. The Hall–Kier alpha value is -1.50. The van der Waals surface area contributed by atoms with Crippen LogP contribution in [0.2, 0.25) is 0 Å². The zero-order valence-corrected chi connectivity index (χ0v) is 12.1. The molecule has 6 nitrogen and oxygen atoms in total. The molecule has 0 radical (unpaired) electrons. The van der Waals surface area contributed by atoms with Gasteiger partial charge in [-0.05, 0) is 22.9 Å². The highest BCUT2D eigenvalue weighted by Crippen LogP contribution is 2.18. The van der Waals surface area contributed by atoms with E-state index in [1.54, 1.807) is 6.33 Å². The van der Waals surface area contributed by atoms with Crippen LogP contribution in [0.1, 0.15) is 31.5 Å². The normalized spacial score (nSPS) is 12.4. The van der Waals surface area contributed by atoms with Gasteiger partial charge in [0.2, 0.25) is 0 Å². The fraction of sp³-hybridized carbons (Fsp3) is 0.455. The fourth-order valence-corrected chi connectivity index (χ4v) is 2.09. The Bertz CT molecular complexity index is 538. The Morgan fingerprint density at radius 2 is 2.22 bits per heavy atom. The monoisotopic (exact) mass is 310 g/mol. The maximum atomic E-state index is 4.42. The van der Waals surface area contributed by atoms with Gasteiger partial charge in [0, 0.05) is 19.5 Å². The van der Waals surface area contributed by atoms with Gasteiger partial charge in [-0.3, -0.25) is 0 Å². The maximum absolute atomic E-state index is 4.42. The molecule has 0 aliphatic rings. The van der Waals surface area contributed by atoms with Crippen molar-refractivity contribution in [2.75, 3.05) is 5.32 Å². The van der Waals surface area contributed by atoms with Crippen molar-refractivity contribution < 1.29 is 0 Å². The van der Waals surface area contributed by atoms with Gasteiger partial charge < -0.3 is 9.88 Å². The molecule has 7 heteroatoms. The Morgan fingerprint density at radius 3 is 2.83 bits per heavy atom. The lowest BCUT2D eigenvalue weighted by atomic mass is 10.3. The summed E-state index contributed by atoms with van der Waals surface area (Å²) in [6.45, 7) is 4.04. The van der Waals surface area contributed by atoms with Gasteiger partial charge in [-0.25, -0.2) is 9.97 Å². The molecule has 0 aliphatic carbocycles. The average molecular weight is 311 g/mol. The summed E-state index contributed by atoms with van der Waals surface area (Å²) < 4.78 is 2.66. The van der Waals surface area contributed by atoms with Gasteiger partial charge in [0.15, 0.2) is 5.82 Å². The molecule has 1 N–H and O–H groups in total. The molecule has 0 saturated carbocycles. The number of hydrogen-bond acceptors (Lipinski definition) is 5. The van der Waals surface area contributed by atoms with Crippen LogP contribution in [0.25, 0.3) is 0 Å². The van der Waals surface area contributed by atoms with Crippen LogP contribution in [0.3, 0.4) is 0 Å². The van der Waals surface area contributed by atoms with Crippen LogP contribution in [0, 0.1) is 0 Å². The molecule has 2 aromatic rings. The molecule has 0 bridgehead atoms. The standard InChI is InChI=1S/C11H15BrN6/c1-4-9-15-8(12)5-10(16-9)14-7(2)11-17-13-6-18(11)3/h5-7H,4H2,1-3H3,(H,14,15,16). The van der Waals surface area contributed by atoms with Crippen LogP contribution >= 0.6 is 15.9 Å². The molecule has 2 rings (SSSR count). The highest BCUT2D eigenvalue weighted by atomic mass is 79.9. The summed E-state index contributed by atoms with van der Waals surface area (Å²) in [6, 6.07) is 1.88. The second-order valence-electron chi connectivity index (χ2n) is 4.01. The van der Waals surface area contributed by atoms with Gasteiger partial charge in [-0.15, -0.1) is 10.2 Å². The third-order valence-electron chi connectivity index (χ3n) is 2.56. The van der Waals surface area contributed by atoms with Crippen molar-refractivity contribution in [1.82, 2.24) is 24.7 Å². The summed E-state index contributed by atoms with van der Waals surface area (Å²) in [5, 5.41) is 11.2. The minimum absolute atomic E-state index is 0.0315. The zero-order valence-electron chi connectivity index (χ0n) is 10.6. The molecule has 2 heterocycles. The van der Waals surface area contributed by atoms with Crippen molar-refractivity contribution in [1.29, 1.82) is 0 Å². The number of nitrogens with one attached hydrogen (secondary N) is 1. The van der Waals surface area contributed by atoms with Crippen molar-refractivity contribution in [2.24, 2.45) is 7.05 Å². The smallest absolute Gasteiger partial charge is 0.154 e. The average Bonchev–Trinajstić information content (AvgIpc) is 2.74. The molecule has 0 amide bonds. The summed E-state index contributed by atoms with van der Waals surface area (Å²) >= 11 is 3.38. The highest BCUT2D eigenvalue weighted by molar-refractivity contribution is 9.10. The maximum Gasteiger partial charge on any atom is 0.154 e. The summed E-state index contributed by atoms with van der Waals surface area (Å²) in [5.41, 5.74) is 0. The van der Waals surface area contributed by atoms with E-state index in [0.717, 1.165) is 28.5 Å². The van der Waals surface area contributed by atoms with E-state index in [1.165, 1.54) is 0 Å². The van der Waals surface area contributed by atoms with Crippen LogP contribution in [-0.4, -0.2) is 24.7 Å². The quantitative estimate of drug-likeness (QED) is 0.876. The van der Waals surface area contributed by atoms with Crippen LogP contribution in [0.5, 0.6) is 0 Å². The molecule has 0 saturated heterocycles. The van der Waals surface area contributed by atoms with Gasteiger partial charge in [-0.2, -0.15) is 0 Å². The largest absolute Gasteiger partial charge is 0.360 e. The molecule has 18 heavy (non-hydrogen) atoms. The lowest BCUT2D eigenvalue weighted by Gasteiger charge is -2.14. The molecular weight excluding hydrogens is 296 g/mol. The first-order chi connectivity index (χ1) is 8.60. The number of halogens is 1. The Labute approximate surface area is 114 Å². The number of aromatic nitrogens is 5. The van der Waals surface area contributed by atoms with Crippen LogP contribution in [0.15, 0.2) is 17.0 Å². The van der Waals surface area contributed by atoms with E-state index in [0.29, 0.717) is 0 Å². The van der Waals surface area contributed by atoms with Crippen LogP contribution in [0.4, 0.5) is 5.82 Å². The van der Waals surface area contributed by atoms with Crippen LogP contribution in [-0.2, 0) is 13.5 Å². The van der Waals surface area contributed by atoms with Crippen molar-refractivity contribution in [3.05, 3.63) is 28.6 Å². The summed E-state index contributed by atoms with van der Waals surface area (Å²) in [6.07, 6.45) is 2.48. The minimum atomic E-state index is 0.0315. The van der Waals surface area contributed by atoms with Crippen molar-refractivity contribution >= 4 is 21.7 Å². The lowest BCUT2D eigenvalue weighted by Crippen LogP contribution is -2.13. The number of nitrogens with zero attached hydrogens (tertiary/aromatic N) is 5. The molecular formula is C11H15BrN6. The Kier molecular flexibility index (Phi) is 3.90. The summed E-state index contributed by atoms with van der Waals surface area (Å²) in [7, 11) is 1.92. The fourth-order valence-electron chi connectivity index (χ4n) is 1.67. The number of rotatable bonds is 4. The second-order valence-corrected chi connectivity index (χ2v) is 4.82. The Morgan fingerprint density at radius 1 is 1.44 bits per heavy atom. The number of aryl methyl sites for hydroxylation is 2. The van der Waals surface area contributed by atoms with E-state index in [9.17, 15) is 0 Å². The first-order valence-corrected chi connectivity index (χ1v) is 6.53. The molecule has 0 fully saturated rings. The summed E-state index contributed by atoms with van der Waals surface area (Å²) in [4.78, 5) is 8.69. The minimum Gasteiger partial charge on any atom is -0.360 e. The van der Waals surface area contributed by atoms with E-state index in [2.05, 4.69) is 41.4 Å². The van der Waals surface area contributed by atoms with Crippen molar-refractivity contribution in [2.45, 2.75) is 26.3 Å². The zero-order chi connectivity index (χ0) is 13.1. The van der Waals surface area contributed by atoms with E-state index < -0.39 is 0 Å².